The van der Waals surface area contributed by atoms with Crippen LogP contribution in [0.1, 0.15) is 15.9 Å². The van der Waals surface area contributed by atoms with Gasteiger partial charge in [0.15, 0.2) is 5.13 Å². The van der Waals surface area contributed by atoms with Crippen molar-refractivity contribution in [2.45, 2.75) is 6.18 Å². The minimum Gasteiger partial charge on any atom is -0.298 e. The SMILES string of the molecule is O=C(Nc1nccs1)c1ccc(-c2cc(C(F)(F)F)ccn2)cc1. The fourth-order valence-electron chi connectivity index (χ4n) is 2.01. The lowest BCUT2D eigenvalue weighted by atomic mass is 10.1. The molecule has 0 bridgehead atoms. The molecule has 24 heavy (non-hydrogen) atoms. The maximum Gasteiger partial charge on any atom is 0.416 e. The lowest BCUT2D eigenvalue weighted by Gasteiger charge is -2.08. The van der Waals surface area contributed by atoms with E-state index in [2.05, 4.69) is 15.3 Å². The molecule has 0 spiro atoms. The molecule has 0 aliphatic carbocycles. The Hall–Kier alpha value is -2.74. The normalized spacial score (nSPS) is 11.3. The van der Waals surface area contributed by atoms with Gasteiger partial charge in [-0.25, -0.2) is 4.98 Å². The summed E-state index contributed by atoms with van der Waals surface area (Å²) in [6.07, 6.45) is -1.74. The van der Waals surface area contributed by atoms with Gasteiger partial charge in [0.05, 0.1) is 11.3 Å². The van der Waals surface area contributed by atoms with Gasteiger partial charge in [-0.2, -0.15) is 13.2 Å². The van der Waals surface area contributed by atoms with E-state index in [1.54, 1.807) is 23.7 Å². The van der Waals surface area contributed by atoms with Gasteiger partial charge in [-0.1, -0.05) is 12.1 Å². The van der Waals surface area contributed by atoms with Gasteiger partial charge < -0.3 is 0 Å². The molecule has 0 atom stereocenters. The number of hydrogen-bond donors (Lipinski definition) is 1. The number of pyridine rings is 1. The molecule has 0 fully saturated rings. The van der Waals surface area contributed by atoms with Crippen molar-refractivity contribution in [3.05, 3.63) is 65.3 Å². The first-order valence-electron chi connectivity index (χ1n) is 6.78. The van der Waals surface area contributed by atoms with Crippen LogP contribution in [0.5, 0.6) is 0 Å². The summed E-state index contributed by atoms with van der Waals surface area (Å²) in [6, 6.07) is 8.06. The van der Waals surface area contributed by atoms with Crippen LogP contribution in [0.15, 0.2) is 54.2 Å². The summed E-state index contributed by atoms with van der Waals surface area (Å²) in [5.74, 6) is -0.339. The maximum atomic E-state index is 12.7. The average molecular weight is 349 g/mol. The van der Waals surface area contributed by atoms with Crippen LogP contribution < -0.4 is 5.32 Å². The highest BCUT2D eigenvalue weighted by atomic mass is 32.1. The molecule has 0 radical (unpaired) electrons. The van der Waals surface area contributed by atoms with Gasteiger partial charge in [0.1, 0.15) is 0 Å². The second-order valence-corrected chi connectivity index (χ2v) is 5.69. The molecule has 0 saturated heterocycles. The molecular weight excluding hydrogens is 339 g/mol. The van der Waals surface area contributed by atoms with Crippen LogP contribution in [-0.4, -0.2) is 15.9 Å². The molecule has 122 valence electrons. The largest absolute Gasteiger partial charge is 0.416 e. The Labute approximate surface area is 139 Å². The zero-order valence-electron chi connectivity index (χ0n) is 12.0. The summed E-state index contributed by atoms with van der Waals surface area (Å²) in [5.41, 5.74) is 0.294. The molecule has 1 amide bonds. The highest BCUT2D eigenvalue weighted by Gasteiger charge is 2.30. The number of thiazole rings is 1. The highest BCUT2D eigenvalue weighted by Crippen LogP contribution is 2.31. The van der Waals surface area contributed by atoms with E-state index in [0.717, 1.165) is 18.3 Å². The Morgan fingerprint density at radius 2 is 1.79 bits per heavy atom. The number of carbonyl (C=O) groups is 1. The number of amides is 1. The lowest BCUT2D eigenvalue weighted by Crippen LogP contribution is -2.11. The monoisotopic (exact) mass is 349 g/mol. The summed E-state index contributed by atoms with van der Waals surface area (Å²) < 4.78 is 38.2. The van der Waals surface area contributed by atoms with Crippen molar-refractivity contribution in [2.75, 3.05) is 5.32 Å². The van der Waals surface area contributed by atoms with Crippen molar-refractivity contribution >= 4 is 22.4 Å². The van der Waals surface area contributed by atoms with E-state index in [-0.39, 0.29) is 11.6 Å². The number of hydrogen-bond acceptors (Lipinski definition) is 4. The van der Waals surface area contributed by atoms with Crippen LogP contribution in [0, 0.1) is 0 Å². The van der Waals surface area contributed by atoms with Crippen molar-refractivity contribution in [1.82, 2.24) is 9.97 Å². The minimum absolute atomic E-state index is 0.191. The van der Waals surface area contributed by atoms with Gasteiger partial charge >= 0.3 is 6.18 Å². The predicted molar refractivity (Wildman–Crippen MR) is 84.7 cm³/mol. The Morgan fingerprint density at radius 3 is 2.42 bits per heavy atom. The van der Waals surface area contributed by atoms with Gasteiger partial charge in [0.25, 0.3) is 5.91 Å². The number of nitrogens with zero attached hydrogens (tertiary/aromatic N) is 2. The van der Waals surface area contributed by atoms with Crippen LogP contribution in [0.3, 0.4) is 0 Å². The van der Waals surface area contributed by atoms with Gasteiger partial charge in [-0.05, 0) is 24.3 Å². The molecule has 2 heterocycles. The first kappa shape index (κ1) is 16.1. The fraction of sp³-hybridized carbons (Fsp3) is 0.0625. The average Bonchev–Trinajstić information content (AvgIpc) is 3.07. The molecule has 2 aromatic heterocycles. The Balaban J connectivity index is 1.81. The second kappa shape index (κ2) is 6.40. The van der Waals surface area contributed by atoms with E-state index in [1.165, 1.54) is 23.5 Å². The topological polar surface area (TPSA) is 54.9 Å². The van der Waals surface area contributed by atoms with Crippen LogP contribution in [0.25, 0.3) is 11.3 Å². The molecule has 4 nitrogen and oxygen atoms in total. The molecule has 0 unspecified atom stereocenters. The Bertz CT molecular complexity index is 846. The highest BCUT2D eigenvalue weighted by molar-refractivity contribution is 7.13. The van der Waals surface area contributed by atoms with Crippen LogP contribution in [0.2, 0.25) is 0 Å². The van der Waals surface area contributed by atoms with E-state index in [9.17, 15) is 18.0 Å². The molecule has 8 heteroatoms. The van der Waals surface area contributed by atoms with Gasteiger partial charge in [0, 0.05) is 28.9 Å². The van der Waals surface area contributed by atoms with E-state index in [4.69, 9.17) is 0 Å². The molecule has 3 aromatic rings. The third-order valence-electron chi connectivity index (χ3n) is 3.18. The van der Waals surface area contributed by atoms with E-state index >= 15 is 0 Å². The number of aromatic nitrogens is 2. The first-order chi connectivity index (χ1) is 11.4. The van der Waals surface area contributed by atoms with Crippen LogP contribution >= 0.6 is 11.3 Å². The van der Waals surface area contributed by atoms with E-state index < -0.39 is 11.7 Å². The molecule has 0 saturated carbocycles. The minimum atomic E-state index is -4.43. The summed E-state index contributed by atoms with van der Waals surface area (Å²) in [6.45, 7) is 0. The number of benzene rings is 1. The smallest absolute Gasteiger partial charge is 0.298 e. The molecule has 1 aromatic carbocycles. The third kappa shape index (κ3) is 3.60. The summed E-state index contributed by atoms with van der Waals surface area (Å²) in [4.78, 5) is 19.9. The number of carbonyl (C=O) groups excluding carboxylic acids is 1. The molecule has 3 rings (SSSR count). The van der Waals surface area contributed by atoms with Crippen molar-refractivity contribution in [2.24, 2.45) is 0 Å². The number of alkyl halides is 3. The van der Waals surface area contributed by atoms with Crippen molar-refractivity contribution in [1.29, 1.82) is 0 Å². The first-order valence-corrected chi connectivity index (χ1v) is 7.66. The maximum absolute atomic E-state index is 12.7. The Morgan fingerprint density at radius 1 is 1.04 bits per heavy atom. The molecule has 0 aliphatic rings. The van der Waals surface area contributed by atoms with Crippen molar-refractivity contribution in [3.63, 3.8) is 0 Å². The second-order valence-electron chi connectivity index (χ2n) is 4.80. The zero-order chi connectivity index (χ0) is 17.2. The van der Waals surface area contributed by atoms with Crippen molar-refractivity contribution in [3.8, 4) is 11.3 Å². The van der Waals surface area contributed by atoms with Crippen LogP contribution in [0.4, 0.5) is 18.3 Å². The number of rotatable bonds is 3. The predicted octanol–water partition coefficient (Wildman–Crippen LogP) is 4.48. The molecular formula is C16H10F3N3OS. The Kier molecular flexibility index (Phi) is 4.30. The lowest BCUT2D eigenvalue weighted by molar-refractivity contribution is -0.137. The number of nitrogens with one attached hydrogen (secondary N) is 1. The number of anilines is 1. The van der Waals surface area contributed by atoms with Crippen LogP contribution in [-0.2, 0) is 6.18 Å². The van der Waals surface area contributed by atoms with Gasteiger partial charge in [0.2, 0.25) is 0 Å². The van der Waals surface area contributed by atoms with E-state index in [0.29, 0.717) is 16.3 Å². The standard InChI is InChI=1S/C16H10F3N3OS/c17-16(18,19)12-5-6-20-13(9-12)10-1-3-11(4-2-10)14(23)22-15-21-7-8-24-15/h1-9H,(H,21,22,23). The van der Waals surface area contributed by atoms with Crippen molar-refractivity contribution < 1.29 is 18.0 Å². The summed E-state index contributed by atoms with van der Waals surface area (Å²) in [7, 11) is 0. The summed E-state index contributed by atoms with van der Waals surface area (Å²) in [5, 5.41) is 4.84. The quantitative estimate of drug-likeness (QED) is 0.759. The van der Waals surface area contributed by atoms with Gasteiger partial charge in [-0.3, -0.25) is 15.1 Å². The summed E-state index contributed by atoms with van der Waals surface area (Å²) >= 11 is 1.29. The molecule has 1 N–H and O–H groups in total. The number of halogens is 3. The third-order valence-corrected chi connectivity index (χ3v) is 3.87. The van der Waals surface area contributed by atoms with E-state index in [1.807, 2.05) is 0 Å². The van der Waals surface area contributed by atoms with Gasteiger partial charge in [-0.15, -0.1) is 11.3 Å². The zero-order valence-corrected chi connectivity index (χ0v) is 12.9. The molecule has 0 aliphatic heterocycles. The fourth-order valence-corrected chi connectivity index (χ4v) is 2.54.